The molecule has 3 heterocycles. The van der Waals surface area contributed by atoms with Crippen LogP contribution in [0.2, 0.25) is 0 Å². The summed E-state index contributed by atoms with van der Waals surface area (Å²) in [6, 6.07) is 14.2. The quantitative estimate of drug-likeness (QED) is 0.226. The molecule has 1 saturated heterocycles. The van der Waals surface area contributed by atoms with Gasteiger partial charge < -0.3 is 15.4 Å². The predicted molar refractivity (Wildman–Crippen MR) is 163 cm³/mol. The molecule has 2 aromatic heterocycles. The van der Waals surface area contributed by atoms with E-state index in [0.29, 0.717) is 53.2 Å². The van der Waals surface area contributed by atoms with E-state index in [4.69, 9.17) is 4.74 Å². The zero-order valence-corrected chi connectivity index (χ0v) is 24.6. The Morgan fingerprint density at radius 3 is 2.45 bits per heavy atom. The summed E-state index contributed by atoms with van der Waals surface area (Å²) in [7, 11) is -4.69. The fourth-order valence-electron chi connectivity index (χ4n) is 4.40. The van der Waals surface area contributed by atoms with Gasteiger partial charge >= 0.3 is 6.18 Å². The van der Waals surface area contributed by atoms with Crippen LogP contribution in [0.15, 0.2) is 67.0 Å². The van der Waals surface area contributed by atoms with Crippen molar-refractivity contribution in [3.05, 3.63) is 67.0 Å². The van der Waals surface area contributed by atoms with Crippen LogP contribution in [0.4, 0.5) is 29.2 Å². The lowest BCUT2D eigenvalue weighted by Gasteiger charge is -2.26. The SMILES string of the molecule is O=S(=O)(CC(F)(F)F)Nc1ccc(Oc2ncccc2-c2ccnc(N[C@@H]3CNC[C@@H](F)C3)n2)c2ccccc12.S.S. The Morgan fingerprint density at radius 2 is 1.71 bits per heavy atom. The van der Waals surface area contributed by atoms with Crippen LogP contribution in [-0.4, -0.2) is 60.6 Å². The monoisotopic (exact) mass is 644 g/mol. The number of fused-ring (bicyclic) bond motifs is 1. The lowest BCUT2D eigenvalue weighted by molar-refractivity contribution is -0.106. The summed E-state index contributed by atoms with van der Waals surface area (Å²) in [4.78, 5) is 13.1. The Kier molecular flexibility index (Phi) is 10.9. The van der Waals surface area contributed by atoms with Gasteiger partial charge in [-0.15, -0.1) is 0 Å². The number of aromatic nitrogens is 3. The van der Waals surface area contributed by atoms with Gasteiger partial charge in [0, 0.05) is 48.7 Å². The highest BCUT2D eigenvalue weighted by molar-refractivity contribution is 7.92. The summed E-state index contributed by atoms with van der Waals surface area (Å²) in [6.07, 6.45) is -2.44. The molecule has 1 aliphatic heterocycles. The van der Waals surface area contributed by atoms with Gasteiger partial charge in [-0.1, -0.05) is 24.3 Å². The zero-order valence-electron chi connectivity index (χ0n) is 21.8. The maximum atomic E-state index is 13.8. The lowest BCUT2D eigenvalue weighted by atomic mass is 10.1. The van der Waals surface area contributed by atoms with E-state index >= 15 is 0 Å². The largest absolute Gasteiger partial charge is 0.438 e. The first kappa shape index (κ1) is 33.2. The second-order valence-corrected chi connectivity index (χ2v) is 10.9. The molecule has 3 N–H and O–H groups in total. The highest BCUT2D eigenvalue weighted by Crippen LogP contribution is 2.37. The molecular formula is C26H28F4N6O3S3. The maximum absolute atomic E-state index is 13.8. The van der Waals surface area contributed by atoms with Crippen molar-refractivity contribution in [2.75, 3.05) is 28.9 Å². The number of hydrogen-bond acceptors (Lipinski definition) is 8. The predicted octanol–water partition coefficient (Wildman–Crippen LogP) is 5.13. The zero-order chi connectivity index (χ0) is 28.3. The van der Waals surface area contributed by atoms with Crippen molar-refractivity contribution in [2.45, 2.75) is 24.8 Å². The first-order valence-electron chi connectivity index (χ1n) is 12.2. The van der Waals surface area contributed by atoms with Gasteiger partial charge in [0.05, 0.1) is 16.9 Å². The molecule has 2 aromatic carbocycles. The van der Waals surface area contributed by atoms with E-state index in [0.717, 1.165) is 0 Å². The van der Waals surface area contributed by atoms with Crippen molar-refractivity contribution < 1.29 is 30.7 Å². The van der Waals surface area contributed by atoms with Crippen LogP contribution in [-0.2, 0) is 10.0 Å². The van der Waals surface area contributed by atoms with Crippen molar-refractivity contribution in [1.82, 2.24) is 20.3 Å². The topological polar surface area (TPSA) is 118 Å². The Hall–Kier alpha value is -3.34. The number of piperidine rings is 1. The molecule has 0 bridgehead atoms. The van der Waals surface area contributed by atoms with Gasteiger partial charge in [-0.25, -0.2) is 27.8 Å². The summed E-state index contributed by atoms with van der Waals surface area (Å²) in [5.41, 5.74) is 0.992. The van der Waals surface area contributed by atoms with Crippen LogP contribution >= 0.6 is 27.0 Å². The molecule has 0 radical (unpaired) electrons. The fourth-order valence-corrected chi connectivity index (χ4v) is 5.42. The minimum absolute atomic E-state index is 0. The molecule has 0 aliphatic carbocycles. The Bertz CT molecular complexity index is 1630. The molecule has 0 saturated carbocycles. The van der Waals surface area contributed by atoms with Crippen LogP contribution in [0.5, 0.6) is 11.6 Å². The van der Waals surface area contributed by atoms with Crippen molar-refractivity contribution >= 4 is 59.4 Å². The van der Waals surface area contributed by atoms with E-state index in [1.54, 1.807) is 48.7 Å². The van der Waals surface area contributed by atoms with Gasteiger partial charge in [0.1, 0.15) is 11.9 Å². The minimum Gasteiger partial charge on any atom is -0.438 e. The van der Waals surface area contributed by atoms with Gasteiger partial charge in [-0.3, -0.25) is 4.72 Å². The molecule has 5 rings (SSSR count). The van der Waals surface area contributed by atoms with Crippen molar-refractivity contribution in [1.29, 1.82) is 0 Å². The van der Waals surface area contributed by atoms with E-state index in [9.17, 15) is 26.0 Å². The second kappa shape index (κ2) is 13.8. The first-order chi connectivity index (χ1) is 19.1. The second-order valence-electron chi connectivity index (χ2n) is 9.19. The molecule has 1 fully saturated rings. The highest BCUT2D eigenvalue weighted by Gasteiger charge is 2.35. The van der Waals surface area contributed by atoms with E-state index in [-0.39, 0.29) is 44.6 Å². The molecule has 9 nitrogen and oxygen atoms in total. The van der Waals surface area contributed by atoms with E-state index in [1.807, 2.05) is 4.72 Å². The van der Waals surface area contributed by atoms with Gasteiger partial charge in [0.25, 0.3) is 0 Å². The number of benzene rings is 2. The molecule has 2 atom stereocenters. The number of ether oxygens (including phenoxy) is 1. The Morgan fingerprint density at radius 1 is 0.952 bits per heavy atom. The normalized spacial score (nSPS) is 17.0. The number of rotatable bonds is 8. The summed E-state index contributed by atoms with van der Waals surface area (Å²) < 4.78 is 84.3. The maximum Gasteiger partial charge on any atom is 0.404 e. The van der Waals surface area contributed by atoms with E-state index < -0.39 is 28.1 Å². The van der Waals surface area contributed by atoms with Gasteiger partial charge in [0.2, 0.25) is 21.9 Å². The molecule has 16 heteroatoms. The smallest absolute Gasteiger partial charge is 0.404 e. The van der Waals surface area contributed by atoms with E-state index in [1.165, 1.54) is 18.3 Å². The van der Waals surface area contributed by atoms with Crippen molar-refractivity contribution in [2.24, 2.45) is 0 Å². The standard InChI is InChI=1S/C26H24F4N6O3S.2H2S/c27-16-12-17(14-31-13-16)34-25-33-11-9-21(35-25)20-6-3-10-32-24(20)39-23-8-7-22(18-4-1-2-5-19(18)23)36-40(37,38)15-26(28,29)30;;/h1-11,16-17,31,36H,12-15H2,(H,33,34,35);2*1H2/t16-,17-;;/m0../s1. The molecule has 4 aromatic rings. The third-order valence-electron chi connectivity index (χ3n) is 6.04. The molecule has 0 unspecified atom stereocenters. The molecule has 226 valence electrons. The van der Waals surface area contributed by atoms with Gasteiger partial charge in [-0.05, 0) is 30.3 Å². The number of pyridine rings is 1. The number of halogens is 4. The third-order valence-corrected chi connectivity index (χ3v) is 7.28. The molecule has 42 heavy (non-hydrogen) atoms. The number of nitrogens with zero attached hydrogens (tertiary/aromatic N) is 3. The number of alkyl halides is 4. The Balaban J connectivity index is 0.00000242. The van der Waals surface area contributed by atoms with Gasteiger partial charge in [-0.2, -0.15) is 40.2 Å². The number of nitrogens with one attached hydrogen (secondary N) is 3. The third kappa shape index (κ3) is 8.36. The van der Waals surface area contributed by atoms with Crippen LogP contribution in [0.1, 0.15) is 6.42 Å². The van der Waals surface area contributed by atoms with Crippen LogP contribution in [0.3, 0.4) is 0 Å². The molecular weight excluding hydrogens is 617 g/mol. The number of anilines is 2. The summed E-state index contributed by atoms with van der Waals surface area (Å²) in [5.74, 6) is -1.21. The Labute approximate surface area is 253 Å². The lowest BCUT2D eigenvalue weighted by Crippen LogP contribution is -2.44. The molecule has 1 aliphatic rings. The average molecular weight is 645 g/mol. The van der Waals surface area contributed by atoms with Crippen LogP contribution in [0.25, 0.3) is 22.0 Å². The summed E-state index contributed by atoms with van der Waals surface area (Å²) in [6.45, 7) is 0.884. The number of sulfonamides is 1. The molecule has 0 amide bonds. The minimum atomic E-state index is -4.89. The summed E-state index contributed by atoms with van der Waals surface area (Å²) in [5, 5.41) is 6.94. The van der Waals surface area contributed by atoms with Crippen molar-refractivity contribution in [3.63, 3.8) is 0 Å². The summed E-state index contributed by atoms with van der Waals surface area (Å²) >= 11 is 0. The van der Waals surface area contributed by atoms with E-state index in [2.05, 4.69) is 25.6 Å². The van der Waals surface area contributed by atoms with Crippen LogP contribution in [0, 0.1) is 0 Å². The van der Waals surface area contributed by atoms with Crippen LogP contribution < -0.4 is 20.1 Å². The average Bonchev–Trinajstić information content (AvgIpc) is 2.89. The first-order valence-corrected chi connectivity index (χ1v) is 13.9. The fraction of sp³-hybridized carbons (Fsp3) is 0.269. The van der Waals surface area contributed by atoms with Gasteiger partial charge in [0.15, 0.2) is 5.75 Å². The molecule has 0 spiro atoms. The van der Waals surface area contributed by atoms with Crippen molar-refractivity contribution in [3.8, 4) is 22.9 Å². The highest BCUT2D eigenvalue weighted by atomic mass is 32.2. The number of hydrogen-bond donors (Lipinski definition) is 3.